The third-order valence-corrected chi connectivity index (χ3v) is 1.66. The molecule has 0 rings (SSSR count). The number of allylic oxidation sites excluding steroid dienone is 2. The summed E-state index contributed by atoms with van der Waals surface area (Å²) in [7, 11) is 0. The van der Waals surface area contributed by atoms with Gasteiger partial charge in [-0.1, -0.05) is 6.92 Å². The maximum atomic E-state index is 11.4. The van der Waals surface area contributed by atoms with Crippen LogP contribution in [0.25, 0.3) is 0 Å². The predicted octanol–water partition coefficient (Wildman–Crippen LogP) is 0.973. The predicted molar refractivity (Wildman–Crippen MR) is 48.3 cm³/mol. The van der Waals surface area contributed by atoms with Crippen LogP contribution in [0.5, 0.6) is 0 Å². The minimum Gasteiger partial charge on any atom is -0.294 e. The van der Waals surface area contributed by atoms with Crippen molar-refractivity contribution in [2.24, 2.45) is 5.92 Å². The molecule has 0 aliphatic carbocycles. The number of carbonyl (C=O) groups excluding carboxylic acids is 1. The van der Waals surface area contributed by atoms with Crippen LogP contribution in [-0.4, -0.2) is 5.78 Å². The molecule has 0 saturated carbocycles. The molecule has 0 aliphatic heterocycles. The quantitative estimate of drug-likeness (QED) is 0.495. The zero-order valence-corrected chi connectivity index (χ0v) is 7.98. The Morgan fingerprint density at radius 1 is 1.13 bits per heavy atom. The molecule has 5 heteroatoms. The van der Waals surface area contributed by atoms with Gasteiger partial charge in [0.1, 0.15) is 17.7 Å². The smallest absolute Gasteiger partial charge is 0.163 e. The van der Waals surface area contributed by atoms with Gasteiger partial charge in [-0.15, -0.1) is 0 Å². The molecule has 0 amide bonds. The van der Waals surface area contributed by atoms with Crippen LogP contribution in [0.4, 0.5) is 0 Å². The lowest BCUT2D eigenvalue weighted by molar-refractivity contribution is -0.115. The summed E-state index contributed by atoms with van der Waals surface area (Å²) in [6.07, 6.45) is 0.0437. The van der Waals surface area contributed by atoms with Gasteiger partial charge in [0.15, 0.2) is 11.7 Å². The van der Waals surface area contributed by atoms with Crippen LogP contribution in [-0.2, 0) is 4.79 Å². The molecule has 0 bridgehead atoms. The largest absolute Gasteiger partial charge is 0.294 e. The highest BCUT2D eigenvalue weighted by atomic mass is 16.1. The number of hydrogen-bond donors (Lipinski definition) is 0. The van der Waals surface area contributed by atoms with Crippen LogP contribution in [0.1, 0.15) is 13.3 Å². The SMILES string of the molecule is CCC(=O)C(=C(C#N)C#N)C(C#N)C#N. The average Bonchev–Trinajstić information content (AvgIpc) is 2.28. The fourth-order valence-corrected chi connectivity index (χ4v) is 0.939. The summed E-state index contributed by atoms with van der Waals surface area (Å²) in [4.78, 5) is 11.4. The van der Waals surface area contributed by atoms with Crippen molar-refractivity contribution in [1.29, 1.82) is 21.0 Å². The molecule has 15 heavy (non-hydrogen) atoms. The highest BCUT2D eigenvalue weighted by molar-refractivity contribution is 5.98. The first kappa shape index (κ1) is 12.4. The molecule has 0 aliphatic rings. The average molecular weight is 198 g/mol. The number of Topliss-reactive ketones (excluding diaryl/α,β-unsaturated/α-hetero) is 1. The summed E-state index contributed by atoms with van der Waals surface area (Å²) in [5, 5.41) is 34.4. The number of carbonyl (C=O) groups is 1. The van der Waals surface area contributed by atoms with Gasteiger partial charge in [-0.05, 0) is 0 Å². The lowest BCUT2D eigenvalue weighted by Gasteiger charge is -2.03. The van der Waals surface area contributed by atoms with Crippen molar-refractivity contribution in [3.05, 3.63) is 11.1 Å². The molecule has 0 spiro atoms. The number of hydrogen-bond acceptors (Lipinski definition) is 5. The van der Waals surface area contributed by atoms with E-state index in [0.29, 0.717) is 0 Å². The van der Waals surface area contributed by atoms with Crippen molar-refractivity contribution in [2.45, 2.75) is 13.3 Å². The summed E-state index contributed by atoms with van der Waals surface area (Å²) in [5.74, 6) is -1.88. The maximum Gasteiger partial charge on any atom is 0.163 e. The van der Waals surface area contributed by atoms with E-state index in [9.17, 15) is 4.79 Å². The zero-order valence-electron chi connectivity index (χ0n) is 7.98. The Morgan fingerprint density at radius 3 is 1.87 bits per heavy atom. The highest BCUT2D eigenvalue weighted by Crippen LogP contribution is 2.16. The van der Waals surface area contributed by atoms with Gasteiger partial charge in [0, 0.05) is 6.42 Å². The Kier molecular flexibility index (Phi) is 4.88. The van der Waals surface area contributed by atoms with E-state index in [-0.39, 0.29) is 12.0 Å². The fraction of sp³-hybridized carbons (Fsp3) is 0.300. The molecular weight excluding hydrogens is 192 g/mol. The first-order chi connectivity index (χ1) is 7.15. The molecule has 0 aromatic rings. The molecule has 0 aromatic carbocycles. The van der Waals surface area contributed by atoms with Gasteiger partial charge in [-0.3, -0.25) is 4.79 Å². The van der Waals surface area contributed by atoms with E-state index in [1.165, 1.54) is 19.1 Å². The number of rotatable bonds is 3. The zero-order chi connectivity index (χ0) is 11.8. The lowest BCUT2D eigenvalue weighted by atomic mass is 9.92. The Hall–Kier alpha value is -2.63. The van der Waals surface area contributed by atoms with Crippen molar-refractivity contribution in [3.63, 3.8) is 0 Å². The van der Waals surface area contributed by atoms with Gasteiger partial charge in [0.05, 0.1) is 17.7 Å². The minimum atomic E-state index is -1.35. The van der Waals surface area contributed by atoms with Gasteiger partial charge >= 0.3 is 0 Å². The lowest BCUT2D eigenvalue weighted by Crippen LogP contribution is -2.12. The standard InChI is InChI=1S/C10H6N4O/c1-2-9(15)10(7(3-11)4-12)8(5-13)6-14/h7H,2H2,1H3. The maximum absolute atomic E-state index is 11.4. The first-order valence-corrected chi connectivity index (χ1v) is 4.03. The summed E-state index contributed by atoms with van der Waals surface area (Å²) in [6.45, 7) is 1.53. The Bertz CT molecular complexity index is 432. The summed E-state index contributed by atoms with van der Waals surface area (Å²) in [6, 6.07) is 6.17. The monoisotopic (exact) mass is 198 g/mol. The van der Waals surface area contributed by atoms with Crippen molar-refractivity contribution >= 4 is 5.78 Å². The van der Waals surface area contributed by atoms with Gasteiger partial charge in [-0.2, -0.15) is 21.0 Å². The Balaban J connectivity index is 5.71. The molecule has 0 fully saturated rings. The molecular formula is C10H6N4O. The van der Waals surface area contributed by atoms with E-state index >= 15 is 0 Å². The molecule has 5 nitrogen and oxygen atoms in total. The third kappa shape index (κ3) is 2.66. The fourth-order valence-electron chi connectivity index (χ4n) is 0.939. The van der Waals surface area contributed by atoms with Gasteiger partial charge in [0.25, 0.3) is 0 Å². The van der Waals surface area contributed by atoms with E-state index in [4.69, 9.17) is 21.0 Å². The van der Waals surface area contributed by atoms with Gasteiger partial charge in [-0.25, -0.2) is 0 Å². The second kappa shape index (κ2) is 5.92. The normalized spacial score (nSPS) is 7.87. The number of nitriles is 4. The van der Waals surface area contributed by atoms with Crippen molar-refractivity contribution < 1.29 is 4.79 Å². The van der Waals surface area contributed by atoms with E-state index in [1.807, 2.05) is 0 Å². The van der Waals surface area contributed by atoms with Crippen molar-refractivity contribution in [3.8, 4) is 24.3 Å². The molecule has 0 unspecified atom stereocenters. The highest BCUT2D eigenvalue weighted by Gasteiger charge is 2.23. The van der Waals surface area contributed by atoms with E-state index < -0.39 is 17.3 Å². The van der Waals surface area contributed by atoms with Crippen LogP contribution in [0.3, 0.4) is 0 Å². The number of nitrogens with zero attached hydrogens (tertiary/aromatic N) is 4. The summed E-state index contributed by atoms with van der Waals surface area (Å²) >= 11 is 0. The van der Waals surface area contributed by atoms with Crippen LogP contribution >= 0.6 is 0 Å². The number of ketones is 1. The van der Waals surface area contributed by atoms with E-state index in [2.05, 4.69) is 0 Å². The van der Waals surface area contributed by atoms with Crippen LogP contribution in [0, 0.1) is 51.2 Å². The molecule has 0 heterocycles. The van der Waals surface area contributed by atoms with Crippen LogP contribution in [0.2, 0.25) is 0 Å². The molecule has 0 radical (unpaired) electrons. The molecule has 0 atom stereocenters. The van der Waals surface area contributed by atoms with Gasteiger partial charge < -0.3 is 0 Å². The van der Waals surface area contributed by atoms with E-state index in [0.717, 1.165) is 0 Å². The third-order valence-electron chi connectivity index (χ3n) is 1.66. The first-order valence-electron chi connectivity index (χ1n) is 4.03. The van der Waals surface area contributed by atoms with Crippen molar-refractivity contribution in [1.82, 2.24) is 0 Å². The molecule has 72 valence electrons. The van der Waals surface area contributed by atoms with Crippen LogP contribution < -0.4 is 0 Å². The van der Waals surface area contributed by atoms with Crippen molar-refractivity contribution in [2.75, 3.05) is 0 Å². The second-order valence-corrected chi connectivity index (χ2v) is 2.48. The molecule has 0 aromatic heterocycles. The Morgan fingerprint density at radius 2 is 1.60 bits per heavy atom. The molecule has 0 N–H and O–H groups in total. The topological polar surface area (TPSA) is 112 Å². The molecule has 0 saturated heterocycles. The van der Waals surface area contributed by atoms with Gasteiger partial charge in [0.2, 0.25) is 0 Å². The second-order valence-electron chi connectivity index (χ2n) is 2.48. The van der Waals surface area contributed by atoms with Crippen LogP contribution in [0.15, 0.2) is 11.1 Å². The van der Waals surface area contributed by atoms with E-state index in [1.54, 1.807) is 12.1 Å². The summed E-state index contributed by atoms with van der Waals surface area (Å²) < 4.78 is 0. The Labute approximate surface area is 87.1 Å². The minimum absolute atomic E-state index is 0.0437. The summed E-state index contributed by atoms with van der Waals surface area (Å²) in [5.41, 5.74) is -0.762.